The molecule has 1 aliphatic rings. The van der Waals surface area contributed by atoms with Crippen LogP contribution >= 0.6 is 45.2 Å². The van der Waals surface area contributed by atoms with Crippen LogP contribution in [0.15, 0.2) is 73.3 Å². The molecule has 0 spiro atoms. The molecule has 8 atom stereocenters. The fraction of sp³-hybridized carbons (Fsp3) is 0.700. The van der Waals surface area contributed by atoms with Crippen molar-refractivity contribution in [3.05, 3.63) is 103 Å². The van der Waals surface area contributed by atoms with E-state index in [0.29, 0.717) is 50.1 Å². The molecule has 1 saturated heterocycles. The first-order valence-electron chi connectivity index (χ1n) is 28.0. The number of halogens is 2. The van der Waals surface area contributed by atoms with Gasteiger partial charge in [-0.05, 0) is 172 Å². The summed E-state index contributed by atoms with van der Waals surface area (Å²) in [4.78, 5) is 19.0. The summed E-state index contributed by atoms with van der Waals surface area (Å²) in [6, 6.07) is 19.2. The average molecular weight is 1250 g/mol. The van der Waals surface area contributed by atoms with E-state index < -0.39 is 0 Å². The Labute approximate surface area is 476 Å². The Kier molecular flexibility index (Phi) is 27.3. The van der Waals surface area contributed by atoms with Crippen LogP contribution in [0.5, 0.6) is 0 Å². The molecule has 0 N–H and O–H groups in total. The number of nitrogens with zero attached hydrogens (tertiary/aromatic N) is 8. The van der Waals surface area contributed by atoms with Gasteiger partial charge in [0.2, 0.25) is 0 Å². The Bertz CT molecular complexity index is 2130. The smallest absolute Gasteiger partial charge is 0.171 e. The zero-order valence-corrected chi connectivity index (χ0v) is 52.5. The number of aromatic nitrogens is 4. The van der Waals surface area contributed by atoms with E-state index in [4.69, 9.17) is 18.9 Å². The van der Waals surface area contributed by atoms with Crippen molar-refractivity contribution < 1.29 is 18.9 Å². The maximum Gasteiger partial charge on any atom is 0.171 e. The van der Waals surface area contributed by atoms with Crippen molar-refractivity contribution in [1.82, 2.24) is 38.7 Å². The monoisotopic (exact) mass is 1250 g/mol. The molecular formula is C60H98I2N8O4. The van der Waals surface area contributed by atoms with Gasteiger partial charge < -0.3 is 28.1 Å². The van der Waals surface area contributed by atoms with Gasteiger partial charge in [0.15, 0.2) is 7.66 Å². The van der Waals surface area contributed by atoms with Gasteiger partial charge in [-0.3, -0.25) is 19.6 Å². The van der Waals surface area contributed by atoms with E-state index >= 15 is 0 Å². The molecule has 2 aromatic carbocycles. The fourth-order valence-electron chi connectivity index (χ4n) is 10.6. The van der Waals surface area contributed by atoms with Gasteiger partial charge >= 0.3 is 0 Å². The minimum Gasteiger partial charge on any atom is -0.376 e. The molecule has 14 heteroatoms. The molecule has 0 unspecified atom stereocenters. The third-order valence-corrected chi connectivity index (χ3v) is 16.5. The summed E-state index contributed by atoms with van der Waals surface area (Å²) >= 11 is 4.62. The zero-order valence-electron chi connectivity index (χ0n) is 48.1. The van der Waals surface area contributed by atoms with Crippen LogP contribution < -0.4 is 0 Å². The fourth-order valence-corrected chi connectivity index (χ4v) is 11.6. The molecule has 2 aromatic heterocycles. The second kappa shape index (κ2) is 32.2. The average Bonchev–Trinajstić information content (AvgIpc) is 3.93. The van der Waals surface area contributed by atoms with Gasteiger partial charge in [-0.1, -0.05) is 104 Å². The Morgan fingerprint density at radius 1 is 0.473 bits per heavy atom. The lowest BCUT2D eigenvalue weighted by Crippen LogP contribution is -2.47. The molecule has 0 aliphatic carbocycles. The first-order valence-corrected chi connectivity index (χ1v) is 30.1. The maximum absolute atomic E-state index is 7.22. The molecule has 0 radical (unpaired) electrons. The van der Waals surface area contributed by atoms with Crippen LogP contribution in [0.2, 0.25) is 0 Å². The number of ether oxygens (including phenoxy) is 4. The molecular weight excluding hydrogens is 1150 g/mol. The maximum atomic E-state index is 7.22. The lowest BCUT2D eigenvalue weighted by atomic mass is 10.0. The predicted molar refractivity (Wildman–Crippen MR) is 322 cm³/mol. The second-order valence-electron chi connectivity index (χ2n) is 23.8. The Morgan fingerprint density at radius 2 is 0.824 bits per heavy atom. The topological polar surface area (TPSA) is 85.5 Å². The van der Waals surface area contributed by atoms with Crippen LogP contribution in [-0.4, -0.2) is 168 Å². The number of benzene rings is 2. The summed E-state index contributed by atoms with van der Waals surface area (Å²) in [6.45, 7) is 30.7. The van der Waals surface area contributed by atoms with E-state index in [1.54, 1.807) is 0 Å². The van der Waals surface area contributed by atoms with Gasteiger partial charge in [0, 0.05) is 88.2 Å². The summed E-state index contributed by atoms with van der Waals surface area (Å²) < 4.78 is 34.6. The van der Waals surface area contributed by atoms with Gasteiger partial charge in [-0.15, -0.1) is 0 Å². The molecule has 0 saturated carbocycles. The van der Waals surface area contributed by atoms with Crippen LogP contribution in [0.3, 0.4) is 0 Å². The van der Waals surface area contributed by atoms with E-state index in [1.165, 1.54) is 22.3 Å². The van der Waals surface area contributed by atoms with Gasteiger partial charge in [0.05, 0.1) is 50.8 Å². The number of hydrogen-bond acceptors (Lipinski definition) is 10. The lowest BCUT2D eigenvalue weighted by molar-refractivity contribution is -0.0536. The van der Waals surface area contributed by atoms with E-state index in [-0.39, 0.29) is 48.6 Å². The summed E-state index contributed by atoms with van der Waals surface area (Å²) in [7, 11) is 9.11. The summed E-state index contributed by atoms with van der Waals surface area (Å²) in [5.74, 6) is 2.10. The summed E-state index contributed by atoms with van der Waals surface area (Å²) in [5.41, 5.74) is 5.13. The third-order valence-electron chi connectivity index (χ3n) is 14.7. The molecule has 0 bridgehead atoms. The largest absolute Gasteiger partial charge is 0.376 e. The number of imidazole rings is 2. The second-order valence-corrected chi connectivity index (χ2v) is 25.7. The standard InChI is InChI=1S/C60H98I2N8O4/c1-43(2)26-53-39-71-48(10)34-66(12)56(29-46(7)8)42-74-58(32-51-16-15-17-52(30-51)36-70-25-23-64-60(70)62)38-68(14)54(27-44(3)4)40-72-47(9)33-65(11)55(28-45(5)6)41-73-57(37-67(53)13)31-49-18-20-50(21-19-49)35-69-24-22-63-59(69)61/h15-25,30,43-48,53-58H,26-29,31-42H2,1-14H3/t47-,48-,53+,54+,55+,56+,57-,58-/m1/s1. The molecule has 74 heavy (non-hydrogen) atoms. The highest BCUT2D eigenvalue weighted by Gasteiger charge is 2.29. The van der Waals surface area contributed by atoms with Crippen molar-refractivity contribution in [2.75, 3.05) is 80.8 Å². The van der Waals surface area contributed by atoms with Crippen LogP contribution in [0.1, 0.15) is 117 Å². The quantitative estimate of drug-likeness (QED) is 0.101. The first kappa shape index (κ1) is 62.8. The van der Waals surface area contributed by atoms with Crippen LogP contribution in [0, 0.1) is 31.3 Å². The molecule has 3 heterocycles. The highest BCUT2D eigenvalue weighted by molar-refractivity contribution is 14.1. The SMILES string of the molecule is CC(C)C[C@H]1CO[C@H](C)CN(C)[C@@H](CC(C)C)CO[C@H](Cc2ccc(Cn3ccnc3I)cc2)CN(C)[C@@H](CC(C)C)CO[C@H](C)CN(C)[C@@H](CC(C)C)CO[C@H](Cc2cccc(Cn3ccnc3I)c2)CN1C. The molecule has 0 amide bonds. The number of likely N-dealkylation sites (N-methyl/N-ethyl adjacent to an activating group) is 4. The van der Waals surface area contributed by atoms with Crippen molar-refractivity contribution in [2.24, 2.45) is 23.7 Å². The predicted octanol–water partition coefficient (Wildman–Crippen LogP) is 11.2. The van der Waals surface area contributed by atoms with E-state index in [9.17, 15) is 0 Å². The van der Waals surface area contributed by atoms with Crippen LogP contribution in [0.25, 0.3) is 0 Å². The van der Waals surface area contributed by atoms with Crippen LogP contribution in [0.4, 0.5) is 0 Å². The van der Waals surface area contributed by atoms with Gasteiger partial charge in [-0.25, -0.2) is 9.97 Å². The highest BCUT2D eigenvalue weighted by Crippen LogP contribution is 2.23. The number of hydrogen-bond donors (Lipinski definition) is 0. The van der Waals surface area contributed by atoms with Gasteiger partial charge in [0.1, 0.15) is 0 Å². The first-order chi connectivity index (χ1) is 35.2. The summed E-state index contributed by atoms with van der Waals surface area (Å²) in [5, 5.41) is 0. The number of rotatable bonds is 16. The van der Waals surface area contributed by atoms with E-state index in [1.807, 2.05) is 18.6 Å². The van der Waals surface area contributed by atoms with Crippen molar-refractivity contribution in [1.29, 1.82) is 0 Å². The highest BCUT2D eigenvalue weighted by atomic mass is 127. The van der Waals surface area contributed by atoms with Crippen molar-refractivity contribution in [3.63, 3.8) is 0 Å². The summed E-state index contributed by atoms with van der Waals surface area (Å²) in [6.07, 6.45) is 13.8. The van der Waals surface area contributed by atoms with Crippen molar-refractivity contribution in [2.45, 2.75) is 169 Å². The molecule has 1 aliphatic heterocycles. The zero-order chi connectivity index (χ0) is 53.9. The van der Waals surface area contributed by atoms with E-state index in [2.05, 4.69) is 236 Å². The Balaban J connectivity index is 1.42. The molecule has 5 rings (SSSR count). The third kappa shape index (κ3) is 22.4. The molecule has 416 valence electrons. The Morgan fingerprint density at radius 3 is 1.22 bits per heavy atom. The minimum absolute atomic E-state index is 0.00383. The lowest BCUT2D eigenvalue weighted by Gasteiger charge is -2.37. The molecule has 12 nitrogen and oxygen atoms in total. The minimum atomic E-state index is -0.00614. The molecule has 1 fully saturated rings. The van der Waals surface area contributed by atoms with Crippen LogP contribution in [-0.2, 0) is 44.9 Å². The molecule has 4 aromatic rings. The Hall–Kier alpha value is -2.00. The normalized spacial score (nSPS) is 25.4. The van der Waals surface area contributed by atoms with Gasteiger partial charge in [0.25, 0.3) is 0 Å². The van der Waals surface area contributed by atoms with E-state index in [0.717, 1.165) is 85.5 Å². The van der Waals surface area contributed by atoms with Crippen molar-refractivity contribution >= 4 is 45.2 Å². The van der Waals surface area contributed by atoms with Gasteiger partial charge in [-0.2, -0.15) is 0 Å². The van der Waals surface area contributed by atoms with Crippen molar-refractivity contribution in [3.8, 4) is 0 Å².